The number of likely N-dealkylation sites (N-methyl/N-ethyl adjacent to an activating group) is 1. The van der Waals surface area contributed by atoms with Crippen molar-refractivity contribution >= 4 is 11.9 Å². The lowest BCUT2D eigenvalue weighted by atomic mass is 10.1. The molecule has 4 heteroatoms. The van der Waals surface area contributed by atoms with Crippen LogP contribution in [0.3, 0.4) is 0 Å². The fourth-order valence-electron chi connectivity index (χ4n) is 2.06. The van der Waals surface area contributed by atoms with Crippen LogP contribution in [0.1, 0.15) is 20.3 Å². The van der Waals surface area contributed by atoms with E-state index in [1.54, 1.807) is 27.3 Å². The molecular weight excluding hydrogens is 204 g/mol. The van der Waals surface area contributed by atoms with Gasteiger partial charge < -0.3 is 0 Å². The van der Waals surface area contributed by atoms with E-state index in [1.807, 2.05) is 0 Å². The molecule has 2 unspecified atom stereocenters. The Kier molecular flexibility index (Phi) is 3.35. The van der Waals surface area contributed by atoms with Gasteiger partial charge in [0.25, 0.3) is 0 Å². The molecule has 0 radical (unpaired) electrons. The fraction of sp³-hybridized carbons (Fsp3) is 0.667. The van der Waals surface area contributed by atoms with Crippen molar-refractivity contribution in [2.24, 2.45) is 5.92 Å². The van der Waals surface area contributed by atoms with E-state index in [2.05, 4.69) is 13.8 Å². The Hall–Kier alpha value is -1.00. The van der Waals surface area contributed by atoms with Crippen molar-refractivity contribution in [2.45, 2.75) is 20.3 Å². The van der Waals surface area contributed by atoms with Gasteiger partial charge in [-0.25, -0.2) is 4.79 Å². The molecule has 0 aromatic heterocycles. The van der Waals surface area contributed by atoms with E-state index in [0.717, 1.165) is 6.42 Å². The lowest BCUT2D eigenvalue weighted by molar-refractivity contribution is -0.889. The molecule has 2 atom stereocenters. The maximum absolute atomic E-state index is 12.3. The lowest BCUT2D eigenvalue weighted by Crippen LogP contribution is -2.65. The van der Waals surface area contributed by atoms with Gasteiger partial charge in [0.05, 0.1) is 27.2 Å². The minimum atomic E-state index is -0.113. The zero-order valence-corrected chi connectivity index (χ0v) is 10.9. The van der Waals surface area contributed by atoms with Crippen LogP contribution in [0.4, 0.5) is 4.79 Å². The van der Waals surface area contributed by atoms with E-state index in [1.165, 1.54) is 6.08 Å². The van der Waals surface area contributed by atoms with Crippen LogP contribution in [0.15, 0.2) is 12.3 Å². The van der Waals surface area contributed by atoms with Gasteiger partial charge in [0, 0.05) is 5.92 Å². The first kappa shape index (κ1) is 13.1. The van der Waals surface area contributed by atoms with Gasteiger partial charge >= 0.3 is 11.9 Å². The Morgan fingerprint density at radius 2 is 1.81 bits per heavy atom. The van der Waals surface area contributed by atoms with Crippen LogP contribution < -0.4 is 0 Å². The monoisotopic (exact) mass is 226 g/mol. The molecule has 3 amide bonds. The molecule has 1 aliphatic heterocycles. The first-order chi connectivity index (χ1) is 7.24. The SMILES string of the molecule is CCC(C)C[N+]1(C)C(=O)C=C[N+](C)(C)C1=O. The van der Waals surface area contributed by atoms with Crippen molar-refractivity contribution in [3.63, 3.8) is 0 Å². The van der Waals surface area contributed by atoms with Gasteiger partial charge in [-0.3, -0.25) is 0 Å². The summed E-state index contributed by atoms with van der Waals surface area (Å²) in [7, 11) is 5.33. The largest absolute Gasteiger partial charge is 0.526 e. The molecule has 0 bridgehead atoms. The highest BCUT2D eigenvalue weighted by Gasteiger charge is 2.52. The van der Waals surface area contributed by atoms with Crippen molar-refractivity contribution in [2.75, 3.05) is 27.7 Å². The van der Waals surface area contributed by atoms with Crippen molar-refractivity contribution in [3.8, 4) is 0 Å². The molecule has 0 saturated heterocycles. The predicted octanol–water partition coefficient (Wildman–Crippen LogP) is 1.73. The average Bonchev–Trinajstić information content (AvgIpc) is 2.22. The molecule has 0 spiro atoms. The third kappa shape index (κ3) is 2.08. The number of rotatable bonds is 3. The number of quaternary nitrogens is 2. The van der Waals surface area contributed by atoms with E-state index in [0.29, 0.717) is 12.5 Å². The lowest BCUT2D eigenvalue weighted by Gasteiger charge is -2.36. The van der Waals surface area contributed by atoms with E-state index >= 15 is 0 Å². The maximum Gasteiger partial charge on any atom is 0.526 e. The van der Waals surface area contributed by atoms with Gasteiger partial charge in [0.15, 0.2) is 0 Å². The molecule has 1 heterocycles. The molecule has 1 rings (SSSR count). The molecule has 90 valence electrons. The van der Waals surface area contributed by atoms with E-state index in [-0.39, 0.29) is 20.9 Å². The Bertz CT molecular complexity index is 347. The van der Waals surface area contributed by atoms with Crippen molar-refractivity contribution in [3.05, 3.63) is 12.3 Å². The van der Waals surface area contributed by atoms with Crippen LogP contribution in [-0.2, 0) is 4.79 Å². The summed E-state index contributed by atoms with van der Waals surface area (Å²) in [6.07, 6.45) is 4.16. The zero-order chi connectivity index (χ0) is 12.6. The molecule has 0 saturated carbocycles. The van der Waals surface area contributed by atoms with Gasteiger partial charge in [-0.2, -0.15) is 9.28 Å². The summed E-state index contributed by atoms with van der Waals surface area (Å²) in [4.78, 5) is 24.2. The zero-order valence-electron chi connectivity index (χ0n) is 10.9. The molecule has 0 aliphatic carbocycles. The summed E-state index contributed by atoms with van der Waals surface area (Å²) in [6.45, 7) is 4.73. The highest BCUT2D eigenvalue weighted by atomic mass is 16.2. The van der Waals surface area contributed by atoms with Crippen LogP contribution in [0.5, 0.6) is 0 Å². The number of nitrogens with zero attached hydrogens (tertiary/aromatic N) is 2. The molecule has 0 N–H and O–H groups in total. The number of hydrogen-bond acceptors (Lipinski definition) is 2. The number of carbonyl (C=O) groups is 2. The second-order valence-electron chi connectivity index (χ2n) is 5.36. The topological polar surface area (TPSA) is 34.1 Å². The number of urea groups is 1. The predicted molar refractivity (Wildman–Crippen MR) is 62.2 cm³/mol. The van der Waals surface area contributed by atoms with Gasteiger partial charge in [-0.05, 0) is 6.42 Å². The standard InChI is InChI=1S/C12H22N2O2/c1-6-10(2)9-14(5)11(15)7-8-13(3,4)12(14)16/h7-8,10H,6,9H2,1-5H3/q+2. The summed E-state index contributed by atoms with van der Waals surface area (Å²) in [5, 5.41) is 0. The van der Waals surface area contributed by atoms with Crippen molar-refractivity contribution in [1.82, 2.24) is 0 Å². The maximum atomic E-state index is 12.3. The normalized spacial score (nSPS) is 30.6. The third-order valence-electron chi connectivity index (χ3n) is 3.37. The van der Waals surface area contributed by atoms with Gasteiger partial charge in [-0.15, -0.1) is 4.48 Å². The minimum absolute atomic E-state index is 0.0622. The molecule has 0 aromatic rings. The van der Waals surface area contributed by atoms with Crippen LogP contribution >= 0.6 is 0 Å². The Morgan fingerprint density at radius 1 is 1.25 bits per heavy atom. The first-order valence-electron chi connectivity index (χ1n) is 5.72. The van der Waals surface area contributed by atoms with Crippen LogP contribution in [0.25, 0.3) is 0 Å². The van der Waals surface area contributed by atoms with Gasteiger partial charge in [0.2, 0.25) is 0 Å². The third-order valence-corrected chi connectivity index (χ3v) is 3.37. The van der Waals surface area contributed by atoms with Crippen LogP contribution in [0, 0.1) is 5.92 Å². The summed E-state index contributed by atoms with van der Waals surface area (Å²) in [5.74, 6) is 0.257. The fourth-order valence-corrected chi connectivity index (χ4v) is 2.06. The Labute approximate surface area is 97.3 Å². The second kappa shape index (κ2) is 4.11. The van der Waals surface area contributed by atoms with E-state index in [4.69, 9.17) is 0 Å². The van der Waals surface area contributed by atoms with Gasteiger partial charge in [0.1, 0.15) is 12.7 Å². The minimum Gasteiger partial charge on any atom is -0.225 e. The number of amides is 3. The summed E-state index contributed by atoms with van der Waals surface area (Å²) < 4.78 is 0.0250. The summed E-state index contributed by atoms with van der Waals surface area (Å²) in [6, 6.07) is -0.0622. The van der Waals surface area contributed by atoms with Crippen molar-refractivity contribution < 1.29 is 18.6 Å². The van der Waals surface area contributed by atoms with E-state index < -0.39 is 0 Å². The van der Waals surface area contributed by atoms with Crippen LogP contribution in [-0.4, -0.2) is 48.6 Å². The molecule has 0 aromatic carbocycles. The highest BCUT2D eigenvalue weighted by molar-refractivity contribution is 5.90. The molecule has 1 aliphatic rings. The first-order valence-corrected chi connectivity index (χ1v) is 5.72. The number of imide groups is 1. The molecule has 16 heavy (non-hydrogen) atoms. The summed E-state index contributed by atoms with van der Waals surface area (Å²) in [5.41, 5.74) is 0. The molecule has 0 fully saturated rings. The molecular formula is C12H22N2O2+2. The highest BCUT2D eigenvalue weighted by Crippen LogP contribution is 2.23. The van der Waals surface area contributed by atoms with Gasteiger partial charge in [-0.1, -0.05) is 13.8 Å². The average molecular weight is 226 g/mol. The smallest absolute Gasteiger partial charge is 0.225 e. The Balaban J connectivity index is 3.06. The number of carbonyl (C=O) groups excluding carboxylic acids is 2. The summed E-state index contributed by atoms with van der Waals surface area (Å²) >= 11 is 0. The Morgan fingerprint density at radius 3 is 2.31 bits per heavy atom. The van der Waals surface area contributed by atoms with Crippen molar-refractivity contribution in [1.29, 1.82) is 0 Å². The van der Waals surface area contributed by atoms with E-state index in [9.17, 15) is 9.59 Å². The van der Waals surface area contributed by atoms with Crippen LogP contribution in [0.2, 0.25) is 0 Å². The number of hydrogen-bond donors (Lipinski definition) is 0. The second-order valence-corrected chi connectivity index (χ2v) is 5.36. The quantitative estimate of drug-likeness (QED) is 0.687. The molecule has 4 nitrogen and oxygen atoms in total.